The molecule has 5 heteroatoms. The summed E-state index contributed by atoms with van der Waals surface area (Å²) < 4.78 is 10.1. The molecular weight excluding hydrogens is 270 g/mol. The lowest BCUT2D eigenvalue weighted by atomic mass is 9.70. The van der Waals surface area contributed by atoms with Crippen LogP contribution in [0.25, 0.3) is 0 Å². The standard InChI is InChI=1S/C16H25NO4/c1-20-14(18)12-11-7-6-10-17(11)16(8-4-3-5-9-16)13(12)15(19)21-2/h11-13H,3-10H2,1-2H3/t11-,12-,13-/m1/s1. The van der Waals surface area contributed by atoms with Gasteiger partial charge in [0.15, 0.2) is 0 Å². The molecule has 1 saturated carbocycles. The first-order valence-corrected chi connectivity index (χ1v) is 8.08. The zero-order chi connectivity index (χ0) is 15.0. The molecule has 21 heavy (non-hydrogen) atoms. The van der Waals surface area contributed by atoms with Crippen LogP contribution in [-0.2, 0) is 19.1 Å². The molecule has 0 aromatic carbocycles. The highest BCUT2D eigenvalue weighted by atomic mass is 16.5. The van der Waals surface area contributed by atoms with E-state index >= 15 is 0 Å². The Morgan fingerprint density at radius 1 is 1.00 bits per heavy atom. The summed E-state index contributed by atoms with van der Waals surface area (Å²) >= 11 is 0. The zero-order valence-electron chi connectivity index (χ0n) is 13.0. The lowest BCUT2D eigenvalue weighted by molar-refractivity contribution is -0.159. The van der Waals surface area contributed by atoms with Gasteiger partial charge in [0.2, 0.25) is 0 Å². The molecule has 0 bridgehead atoms. The number of ether oxygens (including phenoxy) is 2. The molecule has 0 unspecified atom stereocenters. The molecule has 0 N–H and O–H groups in total. The monoisotopic (exact) mass is 295 g/mol. The third kappa shape index (κ3) is 2.08. The predicted octanol–water partition coefficient (Wildman–Crippen LogP) is 1.75. The Morgan fingerprint density at radius 2 is 1.67 bits per heavy atom. The quantitative estimate of drug-likeness (QED) is 0.726. The number of hydrogen-bond acceptors (Lipinski definition) is 5. The fourth-order valence-electron chi connectivity index (χ4n) is 5.14. The van der Waals surface area contributed by atoms with Crippen LogP contribution in [0.5, 0.6) is 0 Å². The Balaban J connectivity index is 2.03. The second-order valence-corrected chi connectivity index (χ2v) is 6.62. The smallest absolute Gasteiger partial charge is 0.311 e. The number of hydrogen-bond donors (Lipinski definition) is 0. The number of carbonyl (C=O) groups is 2. The maximum absolute atomic E-state index is 12.5. The number of fused-ring (bicyclic) bond motifs is 2. The van der Waals surface area contributed by atoms with Crippen LogP contribution in [0.3, 0.4) is 0 Å². The molecule has 0 amide bonds. The maximum Gasteiger partial charge on any atom is 0.311 e. The number of nitrogens with zero attached hydrogens (tertiary/aromatic N) is 1. The normalized spacial score (nSPS) is 34.7. The summed E-state index contributed by atoms with van der Waals surface area (Å²) in [4.78, 5) is 27.3. The first-order chi connectivity index (χ1) is 10.2. The first-order valence-electron chi connectivity index (χ1n) is 8.08. The summed E-state index contributed by atoms with van der Waals surface area (Å²) in [6.07, 6.45) is 7.56. The van der Waals surface area contributed by atoms with Crippen LogP contribution in [0, 0.1) is 11.8 Å². The summed E-state index contributed by atoms with van der Waals surface area (Å²) in [5, 5.41) is 0. The lowest BCUT2D eigenvalue weighted by Gasteiger charge is -2.44. The van der Waals surface area contributed by atoms with Crippen molar-refractivity contribution in [3.05, 3.63) is 0 Å². The Morgan fingerprint density at radius 3 is 2.29 bits per heavy atom. The van der Waals surface area contributed by atoms with Gasteiger partial charge in [-0.25, -0.2) is 0 Å². The minimum atomic E-state index is -0.361. The third-order valence-electron chi connectivity index (χ3n) is 5.87. The average Bonchev–Trinajstić information content (AvgIpc) is 3.09. The molecule has 5 nitrogen and oxygen atoms in total. The summed E-state index contributed by atoms with van der Waals surface area (Å²) in [7, 11) is 2.85. The molecule has 0 aromatic rings. The summed E-state index contributed by atoms with van der Waals surface area (Å²) in [5.74, 6) is -1.20. The molecule has 2 aliphatic heterocycles. The van der Waals surface area contributed by atoms with E-state index in [0.717, 1.165) is 45.1 Å². The van der Waals surface area contributed by atoms with Gasteiger partial charge in [-0.15, -0.1) is 0 Å². The van der Waals surface area contributed by atoms with Crippen molar-refractivity contribution in [2.24, 2.45) is 11.8 Å². The average molecular weight is 295 g/mol. The molecule has 3 atom stereocenters. The van der Waals surface area contributed by atoms with Gasteiger partial charge in [0.25, 0.3) is 0 Å². The van der Waals surface area contributed by atoms with Gasteiger partial charge in [-0.2, -0.15) is 0 Å². The van der Waals surface area contributed by atoms with Crippen LogP contribution in [0.1, 0.15) is 44.9 Å². The molecular formula is C16H25NO4. The van der Waals surface area contributed by atoms with E-state index < -0.39 is 0 Å². The third-order valence-corrected chi connectivity index (χ3v) is 5.87. The topological polar surface area (TPSA) is 55.8 Å². The van der Waals surface area contributed by atoms with Crippen molar-refractivity contribution in [1.82, 2.24) is 4.90 Å². The molecule has 0 aromatic heterocycles. The molecule has 3 rings (SSSR count). The van der Waals surface area contributed by atoms with Crippen LogP contribution in [0.15, 0.2) is 0 Å². The van der Waals surface area contributed by atoms with E-state index in [9.17, 15) is 9.59 Å². The molecule has 1 aliphatic carbocycles. The van der Waals surface area contributed by atoms with Gasteiger partial charge in [0, 0.05) is 11.6 Å². The van der Waals surface area contributed by atoms with E-state index in [1.54, 1.807) is 0 Å². The Labute approximate surface area is 126 Å². The van der Waals surface area contributed by atoms with E-state index in [-0.39, 0.29) is 35.4 Å². The summed E-state index contributed by atoms with van der Waals surface area (Å²) in [6, 6.07) is 0.152. The highest BCUT2D eigenvalue weighted by Gasteiger charge is 2.64. The number of carbonyl (C=O) groups excluding carboxylic acids is 2. The maximum atomic E-state index is 12.5. The van der Waals surface area contributed by atoms with Crippen LogP contribution in [0.2, 0.25) is 0 Å². The highest BCUT2D eigenvalue weighted by Crippen LogP contribution is 2.54. The number of rotatable bonds is 2. The van der Waals surface area contributed by atoms with Gasteiger partial charge in [-0.05, 0) is 32.2 Å². The van der Waals surface area contributed by atoms with Gasteiger partial charge >= 0.3 is 11.9 Å². The minimum Gasteiger partial charge on any atom is -0.469 e. The van der Waals surface area contributed by atoms with Crippen molar-refractivity contribution < 1.29 is 19.1 Å². The summed E-state index contributed by atoms with van der Waals surface area (Å²) in [5.41, 5.74) is -0.175. The molecule has 1 spiro atoms. The largest absolute Gasteiger partial charge is 0.469 e. The van der Waals surface area contributed by atoms with Gasteiger partial charge < -0.3 is 9.47 Å². The molecule has 0 radical (unpaired) electrons. The van der Waals surface area contributed by atoms with Gasteiger partial charge in [0.05, 0.1) is 26.1 Å². The fraction of sp³-hybridized carbons (Fsp3) is 0.875. The SMILES string of the molecule is COC(=O)[C@@H]1[C@H]2CCCN2C2(CCCCC2)[C@H]1C(=O)OC. The van der Waals surface area contributed by atoms with E-state index in [4.69, 9.17) is 9.47 Å². The van der Waals surface area contributed by atoms with Gasteiger partial charge in [-0.3, -0.25) is 14.5 Å². The van der Waals surface area contributed by atoms with Crippen molar-refractivity contribution in [3.63, 3.8) is 0 Å². The van der Waals surface area contributed by atoms with E-state index in [1.165, 1.54) is 20.6 Å². The van der Waals surface area contributed by atoms with E-state index in [2.05, 4.69) is 4.90 Å². The van der Waals surface area contributed by atoms with Crippen LogP contribution in [0.4, 0.5) is 0 Å². The molecule has 118 valence electrons. The molecule has 2 heterocycles. The second-order valence-electron chi connectivity index (χ2n) is 6.62. The van der Waals surface area contributed by atoms with Crippen molar-refractivity contribution in [2.45, 2.75) is 56.5 Å². The van der Waals surface area contributed by atoms with E-state index in [0.29, 0.717) is 0 Å². The van der Waals surface area contributed by atoms with Crippen molar-refractivity contribution in [1.29, 1.82) is 0 Å². The predicted molar refractivity (Wildman–Crippen MR) is 76.6 cm³/mol. The zero-order valence-corrected chi connectivity index (χ0v) is 13.0. The number of methoxy groups -OCH3 is 2. The Hall–Kier alpha value is -1.10. The lowest BCUT2D eigenvalue weighted by Crippen LogP contribution is -2.52. The second kappa shape index (κ2) is 5.59. The molecule has 2 saturated heterocycles. The van der Waals surface area contributed by atoms with E-state index in [1.807, 2.05) is 0 Å². The Kier molecular flexibility index (Phi) is 3.95. The van der Waals surface area contributed by atoms with Crippen LogP contribution >= 0.6 is 0 Å². The van der Waals surface area contributed by atoms with Crippen LogP contribution < -0.4 is 0 Å². The Bertz CT molecular complexity index is 430. The van der Waals surface area contributed by atoms with Crippen LogP contribution in [-0.4, -0.2) is 49.2 Å². The number of esters is 2. The van der Waals surface area contributed by atoms with Crippen molar-refractivity contribution in [3.8, 4) is 0 Å². The fourth-order valence-corrected chi connectivity index (χ4v) is 5.14. The minimum absolute atomic E-state index is 0.152. The van der Waals surface area contributed by atoms with Gasteiger partial charge in [-0.1, -0.05) is 19.3 Å². The summed E-state index contributed by atoms with van der Waals surface area (Å²) in [6.45, 7) is 0.992. The van der Waals surface area contributed by atoms with Crippen molar-refractivity contribution >= 4 is 11.9 Å². The van der Waals surface area contributed by atoms with Gasteiger partial charge in [0.1, 0.15) is 0 Å². The highest BCUT2D eigenvalue weighted by molar-refractivity contribution is 5.85. The molecule has 3 fully saturated rings. The van der Waals surface area contributed by atoms with Crippen molar-refractivity contribution in [2.75, 3.05) is 20.8 Å². The first kappa shape index (κ1) is 14.8. The molecule has 3 aliphatic rings.